The molecule has 1 aromatic heterocycles. The van der Waals surface area contributed by atoms with E-state index in [1.807, 2.05) is 0 Å². The van der Waals surface area contributed by atoms with E-state index in [4.69, 9.17) is 10.2 Å². The number of aromatic nitrogens is 2. The molecule has 0 saturated heterocycles. The molecule has 0 spiro atoms. The van der Waals surface area contributed by atoms with Crippen LogP contribution in [-0.2, 0) is 16.6 Å². The Morgan fingerprint density at radius 3 is 2.76 bits per heavy atom. The van der Waals surface area contributed by atoms with Crippen molar-refractivity contribution in [1.82, 2.24) is 9.78 Å². The van der Waals surface area contributed by atoms with Crippen molar-refractivity contribution in [1.29, 1.82) is 0 Å². The van der Waals surface area contributed by atoms with Crippen LogP contribution in [0.4, 0.5) is 5.69 Å². The minimum absolute atomic E-state index is 0.151. The number of anilines is 1. The molecule has 1 aromatic carbocycles. The molecule has 0 aliphatic heterocycles. The summed E-state index contributed by atoms with van der Waals surface area (Å²) in [7, 11) is -3.94. The van der Waals surface area contributed by atoms with Crippen molar-refractivity contribution in [3.63, 3.8) is 0 Å². The van der Waals surface area contributed by atoms with Crippen LogP contribution in [0, 0.1) is 0 Å². The van der Waals surface area contributed by atoms with Gasteiger partial charge in [-0.1, -0.05) is 0 Å². The van der Waals surface area contributed by atoms with Gasteiger partial charge in [-0.05, 0) is 24.3 Å². The largest absolute Gasteiger partial charge is 0.478 e. The number of benzene rings is 1. The molecule has 0 bridgehead atoms. The smallest absolute Gasteiger partial charge is 0.337 e. The van der Waals surface area contributed by atoms with Crippen LogP contribution in [0.25, 0.3) is 0 Å². The molecule has 0 fully saturated rings. The first-order valence-electron chi connectivity index (χ1n) is 5.99. The minimum atomic E-state index is -3.94. The number of aromatic carboxylic acids is 1. The third kappa shape index (κ3) is 3.80. The second kappa shape index (κ2) is 5.94. The number of carboxylic acids is 1. The van der Waals surface area contributed by atoms with Gasteiger partial charge in [-0.2, -0.15) is 5.10 Å². The monoisotopic (exact) mass is 310 g/mol. The van der Waals surface area contributed by atoms with Crippen molar-refractivity contribution >= 4 is 21.7 Å². The Kier molecular flexibility index (Phi) is 4.24. The fourth-order valence-corrected chi connectivity index (χ4v) is 2.31. The van der Waals surface area contributed by atoms with Gasteiger partial charge in [0.1, 0.15) is 0 Å². The van der Waals surface area contributed by atoms with Crippen molar-refractivity contribution in [3.8, 4) is 0 Å². The van der Waals surface area contributed by atoms with Crippen LogP contribution >= 0.6 is 0 Å². The first-order valence-corrected chi connectivity index (χ1v) is 7.54. The summed E-state index contributed by atoms with van der Waals surface area (Å²) in [5.74, 6) is -1.23. The summed E-state index contributed by atoms with van der Waals surface area (Å²) in [4.78, 5) is 11.0. The number of nitrogens with one attached hydrogen (secondary N) is 1. The van der Waals surface area contributed by atoms with Crippen molar-refractivity contribution < 1.29 is 18.3 Å². The zero-order valence-electron chi connectivity index (χ0n) is 10.9. The molecule has 0 unspecified atom stereocenters. The highest BCUT2D eigenvalue weighted by atomic mass is 32.2. The normalized spacial score (nSPS) is 11.3. The molecule has 0 radical (unpaired) electrons. The van der Waals surface area contributed by atoms with Crippen molar-refractivity contribution in [2.45, 2.75) is 11.4 Å². The summed E-state index contributed by atoms with van der Waals surface area (Å²) in [5, 5.41) is 21.1. The lowest BCUT2D eigenvalue weighted by molar-refractivity contribution is 0.0697. The Morgan fingerprint density at radius 2 is 2.19 bits per heavy atom. The number of rotatable bonds is 6. The number of carbonyl (C=O) groups is 1. The molecule has 0 amide bonds. The number of hydrogen-bond donors (Lipinski definition) is 3. The lowest BCUT2D eigenvalue weighted by atomic mass is 10.2. The maximum atomic E-state index is 11.2. The molecule has 2 aromatic rings. The fraction of sp³-hybridized carbons (Fsp3) is 0.167. The standard InChI is InChI=1S/C12H14N4O4S/c13-21(19,20)9-2-3-11(10(8-9)12(17)18)14-5-7-16-6-1-4-15-16/h1-4,6,8,14H,5,7H2,(H,17,18)(H2,13,19,20). The Bertz CT molecular complexity index is 741. The quantitative estimate of drug-likeness (QED) is 0.706. The van der Waals surface area contributed by atoms with E-state index in [0.29, 0.717) is 18.8 Å². The number of carboxylic acid groups (broad SMARTS) is 1. The number of nitrogens with zero attached hydrogens (tertiary/aromatic N) is 2. The molecule has 0 atom stereocenters. The lowest BCUT2D eigenvalue weighted by Gasteiger charge is -2.11. The topological polar surface area (TPSA) is 127 Å². The Balaban J connectivity index is 2.17. The molecule has 4 N–H and O–H groups in total. The molecule has 9 heteroatoms. The molecular weight excluding hydrogens is 296 g/mol. The number of primary sulfonamides is 1. The molecule has 112 valence electrons. The van der Waals surface area contributed by atoms with E-state index in [1.54, 1.807) is 23.1 Å². The van der Waals surface area contributed by atoms with Gasteiger partial charge in [-0.25, -0.2) is 18.4 Å². The predicted molar refractivity (Wildman–Crippen MR) is 75.5 cm³/mol. The Morgan fingerprint density at radius 1 is 1.43 bits per heavy atom. The highest BCUT2D eigenvalue weighted by Gasteiger charge is 2.15. The number of nitrogens with two attached hydrogens (primary N) is 1. The summed E-state index contributed by atoms with van der Waals surface area (Å²) < 4.78 is 24.2. The van der Waals surface area contributed by atoms with E-state index in [2.05, 4.69) is 10.4 Å². The van der Waals surface area contributed by atoms with E-state index in [-0.39, 0.29) is 10.5 Å². The van der Waals surface area contributed by atoms with Gasteiger partial charge >= 0.3 is 5.97 Å². The summed E-state index contributed by atoms with van der Waals surface area (Å²) in [6, 6.07) is 5.46. The van der Waals surface area contributed by atoms with E-state index >= 15 is 0 Å². The van der Waals surface area contributed by atoms with Crippen LogP contribution in [0.3, 0.4) is 0 Å². The number of hydrogen-bond acceptors (Lipinski definition) is 5. The van der Waals surface area contributed by atoms with E-state index in [9.17, 15) is 13.2 Å². The Labute approximate surface area is 121 Å². The highest BCUT2D eigenvalue weighted by Crippen LogP contribution is 2.19. The SMILES string of the molecule is NS(=O)(=O)c1ccc(NCCn2cccn2)c(C(=O)O)c1. The molecule has 8 nitrogen and oxygen atoms in total. The average molecular weight is 310 g/mol. The van der Waals surface area contributed by atoms with Gasteiger partial charge in [0.15, 0.2) is 0 Å². The maximum absolute atomic E-state index is 11.2. The van der Waals surface area contributed by atoms with Gasteiger partial charge < -0.3 is 10.4 Å². The van der Waals surface area contributed by atoms with Crippen LogP contribution in [0.2, 0.25) is 0 Å². The van der Waals surface area contributed by atoms with Crippen molar-refractivity contribution in [2.24, 2.45) is 5.14 Å². The third-order valence-electron chi connectivity index (χ3n) is 2.77. The van der Waals surface area contributed by atoms with Crippen molar-refractivity contribution in [2.75, 3.05) is 11.9 Å². The van der Waals surface area contributed by atoms with Crippen LogP contribution in [0.15, 0.2) is 41.6 Å². The van der Waals surface area contributed by atoms with Crippen LogP contribution in [-0.4, -0.2) is 35.8 Å². The predicted octanol–water partition coefficient (Wildman–Crippen LogP) is 0.341. The van der Waals surface area contributed by atoms with Gasteiger partial charge in [0.25, 0.3) is 0 Å². The van der Waals surface area contributed by atoms with Crippen LogP contribution < -0.4 is 10.5 Å². The van der Waals surface area contributed by atoms with E-state index < -0.39 is 16.0 Å². The van der Waals surface area contributed by atoms with Gasteiger partial charge in [0, 0.05) is 24.6 Å². The first-order chi connectivity index (χ1) is 9.88. The highest BCUT2D eigenvalue weighted by molar-refractivity contribution is 7.89. The molecule has 2 rings (SSSR count). The lowest BCUT2D eigenvalue weighted by Crippen LogP contribution is -2.16. The van der Waals surface area contributed by atoms with Crippen LogP contribution in [0.5, 0.6) is 0 Å². The maximum Gasteiger partial charge on any atom is 0.337 e. The number of sulfonamides is 1. The molecule has 21 heavy (non-hydrogen) atoms. The zero-order chi connectivity index (χ0) is 15.5. The fourth-order valence-electron chi connectivity index (χ4n) is 1.77. The summed E-state index contributed by atoms with van der Waals surface area (Å²) in [6.45, 7) is 0.986. The first kappa shape index (κ1) is 15.0. The van der Waals surface area contributed by atoms with Gasteiger partial charge in [0.05, 0.1) is 17.0 Å². The van der Waals surface area contributed by atoms with E-state index in [0.717, 1.165) is 6.07 Å². The van der Waals surface area contributed by atoms with Gasteiger partial charge in [-0.15, -0.1) is 0 Å². The summed E-state index contributed by atoms with van der Waals surface area (Å²) >= 11 is 0. The van der Waals surface area contributed by atoms with Gasteiger partial charge in [0.2, 0.25) is 10.0 Å². The molecule has 0 aliphatic rings. The second-order valence-corrected chi connectivity index (χ2v) is 5.81. The van der Waals surface area contributed by atoms with Crippen LogP contribution in [0.1, 0.15) is 10.4 Å². The van der Waals surface area contributed by atoms with Crippen molar-refractivity contribution in [3.05, 3.63) is 42.2 Å². The molecular formula is C12H14N4O4S. The van der Waals surface area contributed by atoms with E-state index in [1.165, 1.54) is 12.1 Å². The summed E-state index contributed by atoms with van der Waals surface area (Å²) in [5.41, 5.74) is 0.170. The Hall–Kier alpha value is -2.39. The summed E-state index contributed by atoms with van der Waals surface area (Å²) in [6.07, 6.45) is 3.42. The molecule has 0 aliphatic carbocycles. The molecule has 0 saturated carbocycles. The minimum Gasteiger partial charge on any atom is -0.478 e. The zero-order valence-corrected chi connectivity index (χ0v) is 11.7. The average Bonchev–Trinajstić information content (AvgIpc) is 2.90. The molecule has 1 heterocycles. The van der Waals surface area contributed by atoms with Gasteiger partial charge in [-0.3, -0.25) is 4.68 Å². The third-order valence-corrected chi connectivity index (χ3v) is 3.68. The second-order valence-electron chi connectivity index (χ2n) is 4.25.